The van der Waals surface area contributed by atoms with Crippen LogP contribution in [0.1, 0.15) is 32.7 Å². The van der Waals surface area contributed by atoms with Gasteiger partial charge in [0, 0.05) is 43.2 Å². The lowest BCUT2D eigenvalue weighted by atomic mass is 10.1. The lowest BCUT2D eigenvalue weighted by Crippen LogP contribution is -2.29. The van der Waals surface area contributed by atoms with Gasteiger partial charge in [-0.05, 0) is 36.2 Å². The second-order valence-electron chi connectivity index (χ2n) is 5.00. The molecule has 0 fully saturated rings. The second kappa shape index (κ2) is 8.65. The number of benzene rings is 1. The van der Waals surface area contributed by atoms with E-state index in [2.05, 4.69) is 15.6 Å². The van der Waals surface area contributed by atoms with Crippen LogP contribution in [-0.2, 0) is 6.54 Å². The fourth-order valence-electron chi connectivity index (χ4n) is 1.99. The number of aromatic nitrogens is 1. The summed E-state index contributed by atoms with van der Waals surface area (Å²) in [5.74, 6) is -0.273. The van der Waals surface area contributed by atoms with E-state index in [1.54, 1.807) is 36.7 Å². The summed E-state index contributed by atoms with van der Waals surface area (Å²) >= 11 is 0. The van der Waals surface area contributed by atoms with Gasteiger partial charge in [-0.25, -0.2) is 0 Å². The predicted molar refractivity (Wildman–Crippen MR) is 87.9 cm³/mol. The molecule has 0 bridgehead atoms. The minimum Gasteiger partial charge on any atom is -0.352 e. The molecule has 0 spiro atoms. The van der Waals surface area contributed by atoms with Crippen molar-refractivity contribution in [3.8, 4) is 0 Å². The van der Waals surface area contributed by atoms with Crippen LogP contribution in [0.2, 0.25) is 0 Å². The fraction of sp³-hybridized carbons (Fsp3) is 0.235. The smallest absolute Gasteiger partial charge is 0.251 e. The Morgan fingerprint density at radius 1 is 0.870 bits per heavy atom. The van der Waals surface area contributed by atoms with Gasteiger partial charge in [-0.2, -0.15) is 0 Å². The third-order valence-electron chi connectivity index (χ3n) is 3.32. The summed E-state index contributed by atoms with van der Waals surface area (Å²) < 4.78 is 0. The summed E-state index contributed by atoms with van der Waals surface area (Å²) in [5.41, 5.74) is 7.68. The molecule has 120 valence electrons. The monoisotopic (exact) mass is 312 g/mol. The maximum Gasteiger partial charge on any atom is 0.251 e. The van der Waals surface area contributed by atoms with Gasteiger partial charge >= 0.3 is 0 Å². The molecule has 2 amide bonds. The Kier molecular flexibility index (Phi) is 6.26. The van der Waals surface area contributed by atoms with Gasteiger partial charge in [0.15, 0.2) is 0 Å². The lowest BCUT2D eigenvalue weighted by molar-refractivity contribution is 0.0951. The second-order valence-corrected chi connectivity index (χ2v) is 5.00. The number of hydrogen-bond acceptors (Lipinski definition) is 4. The molecule has 0 aliphatic heterocycles. The Hall–Kier alpha value is -2.73. The number of nitrogens with one attached hydrogen (secondary N) is 2. The number of carbonyl (C=O) groups excluding carboxylic acids is 2. The van der Waals surface area contributed by atoms with E-state index in [-0.39, 0.29) is 11.8 Å². The standard InChI is InChI=1S/C17H20N4O2/c18-12-13-2-4-14(5-3-13)16(22)20-8-1-9-21-17(23)15-6-10-19-11-7-15/h2-7,10-11H,1,8-9,12,18H2,(H,20,22)(H,21,23). The van der Waals surface area contributed by atoms with Crippen molar-refractivity contribution >= 4 is 11.8 Å². The molecule has 0 aliphatic carbocycles. The Balaban J connectivity index is 1.67. The Morgan fingerprint density at radius 3 is 1.91 bits per heavy atom. The van der Waals surface area contributed by atoms with Crippen molar-refractivity contribution in [1.82, 2.24) is 15.6 Å². The number of pyridine rings is 1. The summed E-state index contributed by atoms with van der Waals surface area (Å²) in [6.07, 6.45) is 3.81. The number of nitrogens with zero attached hydrogens (tertiary/aromatic N) is 1. The third-order valence-corrected chi connectivity index (χ3v) is 3.32. The molecule has 6 nitrogen and oxygen atoms in total. The summed E-state index contributed by atoms with van der Waals surface area (Å²) in [5, 5.41) is 5.61. The molecule has 0 saturated heterocycles. The summed E-state index contributed by atoms with van der Waals surface area (Å²) in [6, 6.07) is 10.5. The highest BCUT2D eigenvalue weighted by Crippen LogP contribution is 2.03. The highest BCUT2D eigenvalue weighted by Gasteiger charge is 2.05. The van der Waals surface area contributed by atoms with Gasteiger partial charge in [0.1, 0.15) is 0 Å². The van der Waals surface area contributed by atoms with E-state index in [0.29, 0.717) is 37.2 Å². The third kappa shape index (κ3) is 5.19. The molecule has 1 heterocycles. The highest BCUT2D eigenvalue weighted by molar-refractivity contribution is 5.94. The van der Waals surface area contributed by atoms with Gasteiger partial charge < -0.3 is 16.4 Å². The molecular weight excluding hydrogens is 292 g/mol. The minimum atomic E-state index is -0.143. The quantitative estimate of drug-likeness (QED) is 0.667. The zero-order valence-corrected chi connectivity index (χ0v) is 12.8. The van der Waals surface area contributed by atoms with E-state index in [9.17, 15) is 9.59 Å². The summed E-state index contributed by atoms with van der Waals surface area (Å²) in [4.78, 5) is 27.6. The number of nitrogens with two attached hydrogens (primary N) is 1. The van der Waals surface area contributed by atoms with Gasteiger partial charge in [-0.3, -0.25) is 14.6 Å². The molecule has 2 rings (SSSR count). The molecule has 1 aromatic heterocycles. The van der Waals surface area contributed by atoms with Gasteiger partial charge in [0.25, 0.3) is 11.8 Å². The predicted octanol–water partition coefficient (Wildman–Crippen LogP) is 1.09. The molecule has 6 heteroatoms. The van der Waals surface area contributed by atoms with Crippen LogP contribution in [0.25, 0.3) is 0 Å². The van der Waals surface area contributed by atoms with E-state index in [1.807, 2.05) is 12.1 Å². The molecule has 0 radical (unpaired) electrons. The Morgan fingerprint density at radius 2 is 1.39 bits per heavy atom. The van der Waals surface area contributed by atoms with Gasteiger partial charge in [0.2, 0.25) is 0 Å². The maximum absolute atomic E-state index is 11.9. The van der Waals surface area contributed by atoms with E-state index < -0.39 is 0 Å². The first-order valence-corrected chi connectivity index (χ1v) is 7.46. The SMILES string of the molecule is NCc1ccc(C(=O)NCCCNC(=O)c2ccncc2)cc1. The van der Waals surface area contributed by atoms with Gasteiger partial charge in [-0.1, -0.05) is 12.1 Å². The topological polar surface area (TPSA) is 97.1 Å². The van der Waals surface area contributed by atoms with Crippen molar-refractivity contribution in [1.29, 1.82) is 0 Å². The first kappa shape index (κ1) is 16.6. The van der Waals surface area contributed by atoms with Gasteiger partial charge in [-0.15, -0.1) is 0 Å². The van der Waals surface area contributed by atoms with E-state index >= 15 is 0 Å². The number of hydrogen-bond donors (Lipinski definition) is 3. The van der Waals surface area contributed by atoms with Crippen molar-refractivity contribution in [2.75, 3.05) is 13.1 Å². The van der Waals surface area contributed by atoms with Crippen LogP contribution in [-0.4, -0.2) is 29.9 Å². The molecular formula is C17H20N4O2. The number of carbonyl (C=O) groups is 2. The summed E-state index contributed by atoms with van der Waals surface area (Å²) in [6.45, 7) is 1.45. The molecule has 4 N–H and O–H groups in total. The van der Waals surface area contributed by atoms with Crippen LogP contribution in [0.3, 0.4) is 0 Å². The summed E-state index contributed by atoms with van der Waals surface area (Å²) in [7, 11) is 0. The largest absolute Gasteiger partial charge is 0.352 e. The number of rotatable bonds is 7. The minimum absolute atomic E-state index is 0.131. The normalized spacial score (nSPS) is 10.1. The van der Waals surface area contributed by atoms with E-state index in [1.165, 1.54) is 0 Å². The van der Waals surface area contributed by atoms with Gasteiger partial charge in [0.05, 0.1) is 0 Å². The van der Waals surface area contributed by atoms with Crippen LogP contribution in [0, 0.1) is 0 Å². The molecule has 0 saturated carbocycles. The highest BCUT2D eigenvalue weighted by atomic mass is 16.2. The first-order valence-electron chi connectivity index (χ1n) is 7.46. The zero-order valence-electron chi connectivity index (χ0n) is 12.8. The van der Waals surface area contributed by atoms with Crippen LogP contribution in [0.5, 0.6) is 0 Å². The van der Waals surface area contributed by atoms with E-state index in [0.717, 1.165) is 5.56 Å². The zero-order chi connectivity index (χ0) is 16.5. The number of amides is 2. The molecule has 2 aromatic rings. The lowest BCUT2D eigenvalue weighted by Gasteiger charge is -2.07. The molecule has 0 atom stereocenters. The van der Waals surface area contributed by atoms with Crippen LogP contribution < -0.4 is 16.4 Å². The maximum atomic E-state index is 11.9. The molecule has 1 aromatic carbocycles. The average Bonchev–Trinajstić information content (AvgIpc) is 2.62. The van der Waals surface area contributed by atoms with Crippen molar-refractivity contribution in [3.63, 3.8) is 0 Å². The van der Waals surface area contributed by atoms with Crippen LogP contribution in [0.15, 0.2) is 48.8 Å². The Labute approximate surface area is 135 Å². The van der Waals surface area contributed by atoms with Crippen molar-refractivity contribution in [2.45, 2.75) is 13.0 Å². The average molecular weight is 312 g/mol. The van der Waals surface area contributed by atoms with Crippen molar-refractivity contribution in [2.24, 2.45) is 5.73 Å². The van der Waals surface area contributed by atoms with Crippen molar-refractivity contribution < 1.29 is 9.59 Å². The van der Waals surface area contributed by atoms with Crippen LogP contribution >= 0.6 is 0 Å². The fourth-order valence-corrected chi connectivity index (χ4v) is 1.99. The van der Waals surface area contributed by atoms with Crippen molar-refractivity contribution in [3.05, 3.63) is 65.5 Å². The molecule has 23 heavy (non-hydrogen) atoms. The molecule has 0 aliphatic rings. The van der Waals surface area contributed by atoms with E-state index in [4.69, 9.17) is 5.73 Å². The van der Waals surface area contributed by atoms with Crippen LogP contribution in [0.4, 0.5) is 0 Å². The Bertz CT molecular complexity index is 641. The first-order chi connectivity index (χ1) is 11.2. The molecule has 0 unspecified atom stereocenters.